The van der Waals surface area contributed by atoms with Gasteiger partial charge in [0.25, 0.3) is 5.22 Å². The summed E-state index contributed by atoms with van der Waals surface area (Å²) < 4.78 is 5.17. The van der Waals surface area contributed by atoms with Crippen molar-refractivity contribution in [2.45, 2.75) is 43.6 Å². The number of aromatic nitrogens is 1. The van der Waals surface area contributed by atoms with E-state index in [4.69, 9.17) is 4.42 Å². The van der Waals surface area contributed by atoms with Gasteiger partial charge in [0.05, 0.1) is 6.20 Å². The normalized spacial score (nSPS) is 12.9. The first-order valence-electron chi connectivity index (χ1n) is 5.59. The molecular weight excluding hydrogens is 208 g/mol. The van der Waals surface area contributed by atoms with Gasteiger partial charge in [0, 0.05) is 11.8 Å². The number of nitrogens with zero attached hydrogens (tertiary/aromatic N) is 1. The van der Waals surface area contributed by atoms with Gasteiger partial charge in [-0.15, -0.1) is 0 Å². The summed E-state index contributed by atoms with van der Waals surface area (Å²) in [5.41, 5.74) is 0. The molecule has 0 bridgehead atoms. The topological polar surface area (TPSA) is 38.1 Å². The zero-order valence-corrected chi connectivity index (χ0v) is 10.3. The highest BCUT2D eigenvalue weighted by Gasteiger charge is 2.06. The van der Waals surface area contributed by atoms with E-state index in [0.717, 1.165) is 18.3 Å². The van der Waals surface area contributed by atoms with E-state index in [1.165, 1.54) is 19.3 Å². The minimum Gasteiger partial charge on any atom is -0.440 e. The predicted octanol–water partition coefficient (Wildman–Crippen LogP) is 2.94. The van der Waals surface area contributed by atoms with Gasteiger partial charge in [-0.1, -0.05) is 38.5 Å². The average Bonchev–Trinajstić information content (AvgIpc) is 2.70. The van der Waals surface area contributed by atoms with Crippen molar-refractivity contribution in [2.75, 3.05) is 13.1 Å². The summed E-state index contributed by atoms with van der Waals surface area (Å²) in [5.74, 6) is 0. The molecule has 0 aliphatic carbocycles. The van der Waals surface area contributed by atoms with Gasteiger partial charge in [0.15, 0.2) is 0 Å². The molecule has 0 aliphatic rings. The van der Waals surface area contributed by atoms with Gasteiger partial charge < -0.3 is 9.73 Å². The molecule has 1 atom stereocenters. The Hall–Kier alpha value is -0.480. The molecule has 0 amide bonds. The van der Waals surface area contributed by atoms with Crippen LogP contribution in [0.5, 0.6) is 0 Å². The standard InChI is InChI=1S/C11H20N2OS/c1-3-4-5-6-12-9-10(2)15-11-13-7-8-14-11/h7-8,10,12H,3-6,9H2,1-2H3. The lowest BCUT2D eigenvalue weighted by molar-refractivity contribution is 0.452. The maximum Gasteiger partial charge on any atom is 0.255 e. The van der Waals surface area contributed by atoms with E-state index in [1.54, 1.807) is 24.2 Å². The number of hydrogen-bond donors (Lipinski definition) is 1. The lowest BCUT2D eigenvalue weighted by atomic mass is 10.2. The zero-order chi connectivity index (χ0) is 10.9. The van der Waals surface area contributed by atoms with Crippen molar-refractivity contribution in [2.24, 2.45) is 0 Å². The highest BCUT2D eigenvalue weighted by Crippen LogP contribution is 2.19. The van der Waals surface area contributed by atoms with Crippen LogP contribution in [-0.4, -0.2) is 23.3 Å². The van der Waals surface area contributed by atoms with Crippen molar-refractivity contribution in [1.29, 1.82) is 0 Å². The molecule has 3 nitrogen and oxygen atoms in total. The smallest absolute Gasteiger partial charge is 0.255 e. The van der Waals surface area contributed by atoms with Crippen LogP contribution in [0.4, 0.5) is 0 Å². The molecule has 86 valence electrons. The van der Waals surface area contributed by atoms with Crippen molar-refractivity contribution in [3.63, 3.8) is 0 Å². The Morgan fingerprint density at radius 3 is 3.07 bits per heavy atom. The summed E-state index contributed by atoms with van der Waals surface area (Å²) in [4.78, 5) is 4.08. The quantitative estimate of drug-likeness (QED) is 0.548. The molecule has 0 saturated heterocycles. The summed E-state index contributed by atoms with van der Waals surface area (Å²) in [6.07, 6.45) is 7.16. The summed E-state index contributed by atoms with van der Waals surface area (Å²) in [7, 11) is 0. The van der Waals surface area contributed by atoms with Gasteiger partial charge in [-0.2, -0.15) is 0 Å². The molecule has 0 spiro atoms. The minimum atomic E-state index is 0.505. The van der Waals surface area contributed by atoms with Crippen LogP contribution < -0.4 is 5.32 Å². The van der Waals surface area contributed by atoms with Crippen molar-refractivity contribution < 1.29 is 4.42 Å². The molecule has 1 N–H and O–H groups in total. The third kappa shape index (κ3) is 5.85. The second-order valence-corrected chi connectivity index (χ2v) is 5.03. The summed E-state index contributed by atoms with van der Waals surface area (Å²) in [5, 5.41) is 4.71. The highest BCUT2D eigenvalue weighted by atomic mass is 32.2. The molecule has 0 aliphatic heterocycles. The molecule has 0 fully saturated rings. The second kappa shape index (κ2) is 7.77. The Balaban J connectivity index is 2.01. The lowest BCUT2D eigenvalue weighted by Gasteiger charge is -2.09. The number of unbranched alkanes of at least 4 members (excludes halogenated alkanes) is 2. The zero-order valence-electron chi connectivity index (χ0n) is 9.53. The molecule has 1 aromatic heterocycles. The minimum absolute atomic E-state index is 0.505. The molecule has 15 heavy (non-hydrogen) atoms. The molecule has 1 aromatic rings. The Kier molecular flexibility index (Phi) is 6.52. The van der Waals surface area contributed by atoms with Gasteiger partial charge in [0.2, 0.25) is 0 Å². The van der Waals surface area contributed by atoms with Crippen LogP contribution in [0.15, 0.2) is 22.1 Å². The number of rotatable bonds is 8. The Labute approximate surface area is 96.0 Å². The molecule has 1 heterocycles. The Morgan fingerprint density at radius 1 is 1.53 bits per heavy atom. The Morgan fingerprint density at radius 2 is 2.40 bits per heavy atom. The maximum absolute atomic E-state index is 5.17. The van der Waals surface area contributed by atoms with Gasteiger partial charge in [-0.05, 0) is 13.0 Å². The van der Waals surface area contributed by atoms with Crippen LogP contribution >= 0.6 is 11.8 Å². The SMILES string of the molecule is CCCCCNCC(C)Sc1ncco1. The monoisotopic (exact) mass is 228 g/mol. The van der Waals surface area contributed by atoms with Crippen molar-refractivity contribution in [3.8, 4) is 0 Å². The molecule has 1 rings (SSSR count). The fraction of sp³-hybridized carbons (Fsp3) is 0.727. The molecule has 0 radical (unpaired) electrons. The number of hydrogen-bond acceptors (Lipinski definition) is 4. The summed E-state index contributed by atoms with van der Waals surface area (Å²) >= 11 is 1.67. The van der Waals surface area contributed by atoms with Crippen molar-refractivity contribution in [1.82, 2.24) is 10.3 Å². The van der Waals surface area contributed by atoms with Gasteiger partial charge in [-0.3, -0.25) is 0 Å². The number of nitrogens with one attached hydrogen (secondary N) is 1. The second-order valence-electron chi connectivity index (χ2n) is 3.64. The van der Waals surface area contributed by atoms with Crippen LogP contribution in [0.1, 0.15) is 33.1 Å². The third-order valence-electron chi connectivity index (χ3n) is 2.10. The van der Waals surface area contributed by atoms with E-state index in [-0.39, 0.29) is 0 Å². The van der Waals surface area contributed by atoms with Crippen LogP contribution in [0, 0.1) is 0 Å². The van der Waals surface area contributed by atoms with E-state index in [2.05, 4.69) is 24.1 Å². The van der Waals surface area contributed by atoms with Gasteiger partial charge in [-0.25, -0.2) is 4.98 Å². The third-order valence-corrected chi connectivity index (χ3v) is 3.07. The summed E-state index contributed by atoms with van der Waals surface area (Å²) in [6, 6.07) is 0. The maximum atomic E-state index is 5.17. The van der Waals surface area contributed by atoms with Crippen LogP contribution in [-0.2, 0) is 0 Å². The summed E-state index contributed by atoms with van der Waals surface area (Å²) in [6.45, 7) is 6.53. The molecule has 0 aromatic carbocycles. The van der Waals surface area contributed by atoms with Crippen molar-refractivity contribution in [3.05, 3.63) is 12.5 Å². The Bertz CT molecular complexity index is 239. The molecule has 0 saturated carbocycles. The molecule has 1 unspecified atom stereocenters. The fourth-order valence-electron chi connectivity index (χ4n) is 1.29. The number of oxazole rings is 1. The largest absolute Gasteiger partial charge is 0.440 e. The fourth-order valence-corrected chi connectivity index (χ4v) is 2.07. The first-order chi connectivity index (χ1) is 7.33. The molecule has 4 heteroatoms. The average molecular weight is 228 g/mol. The highest BCUT2D eigenvalue weighted by molar-refractivity contribution is 7.99. The van der Waals surface area contributed by atoms with E-state index in [0.29, 0.717) is 5.25 Å². The van der Waals surface area contributed by atoms with Crippen LogP contribution in [0.3, 0.4) is 0 Å². The van der Waals surface area contributed by atoms with Crippen LogP contribution in [0.25, 0.3) is 0 Å². The number of thioether (sulfide) groups is 1. The molecular formula is C11H20N2OS. The van der Waals surface area contributed by atoms with E-state index in [1.807, 2.05) is 0 Å². The van der Waals surface area contributed by atoms with Crippen LogP contribution in [0.2, 0.25) is 0 Å². The predicted molar refractivity (Wildman–Crippen MR) is 64.2 cm³/mol. The lowest BCUT2D eigenvalue weighted by Crippen LogP contribution is -2.23. The first kappa shape index (κ1) is 12.6. The van der Waals surface area contributed by atoms with E-state index in [9.17, 15) is 0 Å². The first-order valence-corrected chi connectivity index (χ1v) is 6.47. The van der Waals surface area contributed by atoms with E-state index < -0.39 is 0 Å². The van der Waals surface area contributed by atoms with E-state index >= 15 is 0 Å². The van der Waals surface area contributed by atoms with Gasteiger partial charge in [0.1, 0.15) is 6.26 Å². The van der Waals surface area contributed by atoms with Gasteiger partial charge >= 0.3 is 0 Å². The van der Waals surface area contributed by atoms with Crippen molar-refractivity contribution >= 4 is 11.8 Å².